The zero-order valence-corrected chi connectivity index (χ0v) is 13.8. The third-order valence-electron chi connectivity index (χ3n) is 4.32. The molecule has 1 atom stereocenters. The number of benzene rings is 1. The zero-order valence-electron chi connectivity index (χ0n) is 13.8. The van der Waals surface area contributed by atoms with Gasteiger partial charge in [0.25, 0.3) is 0 Å². The van der Waals surface area contributed by atoms with Crippen LogP contribution in [-0.2, 0) is 6.54 Å². The Kier molecular flexibility index (Phi) is 4.64. The Labute approximate surface area is 137 Å². The Hall–Kier alpha value is -1.91. The molecule has 4 heteroatoms. The van der Waals surface area contributed by atoms with Crippen LogP contribution in [0.2, 0.25) is 0 Å². The second-order valence-corrected chi connectivity index (χ2v) is 6.59. The van der Waals surface area contributed by atoms with Gasteiger partial charge < -0.3 is 9.84 Å². The number of aliphatic hydroxyl groups is 1. The van der Waals surface area contributed by atoms with Gasteiger partial charge in [0.15, 0.2) is 0 Å². The van der Waals surface area contributed by atoms with Gasteiger partial charge in [-0.15, -0.1) is 0 Å². The summed E-state index contributed by atoms with van der Waals surface area (Å²) >= 11 is 0. The number of likely N-dealkylation sites (tertiary alicyclic amines) is 1. The highest BCUT2D eigenvalue weighted by molar-refractivity contribution is 5.26. The van der Waals surface area contributed by atoms with Crippen molar-refractivity contribution < 1.29 is 9.84 Å². The molecule has 1 aliphatic rings. The van der Waals surface area contributed by atoms with Crippen molar-refractivity contribution in [1.82, 2.24) is 9.88 Å². The molecule has 1 N–H and O–H groups in total. The van der Waals surface area contributed by atoms with Crippen molar-refractivity contribution in [1.29, 1.82) is 0 Å². The lowest BCUT2D eigenvalue weighted by Gasteiger charge is -2.23. The molecule has 1 saturated heterocycles. The first kappa shape index (κ1) is 16.0. The van der Waals surface area contributed by atoms with E-state index in [2.05, 4.69) is 16.0 Å². The first-order valence-electron chi connectivity index (χ1n) is 8.08. The number of hydrogen-bond donors (Lipinski definition) is 1. The summed E-state index contributed by atoms with van der Waals surface area (Å²) in [6.07, 6.45) is 2.65. The molecular formula is C19H24N2O2. The standard InChI is InChI=1S/C19H24N2O2/c1-15-3-7-18(8-4-15)23-14-19(22)9-10-21(13-19)12-17-6-5-16(2)20-11-17/h3-8,11,22H,9-10,12-14H2,1-2H3. The van der Waals surface area contributed by atoms with Gasteiger partial charge in [-0.2, -0.15) is 0 Å². The molecule has 0 spiro atoms. The summed E-state index contributed by atoms with van der Waals surface area (Å²) in [6, 6.07) is 12.1. The first-order chi connectivity index (χ1) is 11.0. The van der Waals surface area contributed by atoms with Crippen LogP contribution in [0.15, 0.2) is 42.6 Å². The van der Waals surface area contributed by atoms with E-state index in [1.54, 1.807) is 0 Å². The van der Waals surface area contributed by atoms with Crippen molar-refractivity contribution in [2.45, 2.75) is 32.4 Å². The van der Waals surface area contributed by atoms with Gasteiger partial charge in [0, 0.05) is 31.5 Å². The maximum Gasteiger partial charge on any atom is 0.119 e. The zero-order chi connectivity index (χ0) is 16.3. The van der Waals surface area contributed by atoms with Crippen molar-refractivity contribution in [3.63, 3.8) is 0 Å². The molecule has 0 radical (unpaired) electrons. The van der Waals surface area contributed by atoms with Gasteiger partial charge in [-0.3, -0.25) is 9.88 Å². The fourth-order valence-electron chi connectivity index (χ4n) is 2.90. The summed E-state index contributed by atoms with van der Waals surface area (Å²) in [5, 5.41) is 10.7. The smallest absolute Gasteiger partial charge is 0.119 e. The molecule has 1 aliphatic heterocycles. The molecule has 1 aromatic heterocycles. The van der Waals surface area contributed by atoms with E-state index in [1.807, 2.05) is 50.4 Å². The van der Waals surface area contributed by atoms with Gasteiger partial charge in [-0.25, -0.2) is 0 Å². The molecule has 0 saturated carbocycles. The predicted molar refractivity (Wildman–Crippen MR) is 90.5 cm³/mol. The number of rotatable bonds is 5. The molecule has 23 heavy (non-hydrogen) atoms. The Balaban J connectivity index is 1.53. The van der Waals surface area contributed by atoms with Crippen LogP contribution in [0, 0.1) is 13.8 Å². The summed E-state index contributed by atoms with van der Waals surface area (Å²) in [4.78, 5) is 6.58. The second-order valence-electron chi connectivity index (χ2n) is 6.59. The molecule has 2 heterocycles. The summed E-state index contributed by atoms with van der Waals surface area (Å²) in [6.45, 7) is 6.69. The Morgan fingerprint density at radius 1 is 1.17 bits per heavy atom. The van der Waals surface area contributed by atoms with E-state index >= 15 is 0 Å². The molecule has 4 nitrogen and oxygen atoms in total. The fourth-order valence-corrected chi connectivity index (χ4v) is 2.90. The van der Waals surface area contributed by atoms with Crippen LogP contribution < -0.4 is 4.74 Å². The van der Waals surface area contributed by atoms with E-state index < -0.39 is 5.60 Å². The van der Waals surface area contributed by atoms with Crippen LogP contribution in [0.1, 0.15) is 23.2 Å². The van der Waals surface area contributed by atoms with Crippen molar-refractivity contribution in [2.75, 3.05) is 19.7 Å². The Morgan fingerprint density at radius 3 is 2.65 bits per heavy atom. The van der Waals surface area contributed by atoms with Crippen molar-refractivity contribution in [3.05, 3.63) is 59.4 Å². The normalized spacial score (nSPS) is 21.5. The van der Waals surface area contributed by atoms with Crippen LogP contribution in [0.25, 0.3) is 0 Å². The van der Waals surface area contributed by atoms with Crippen LogP contribution in [-0.4, -0.2) is 40.3 Å². The minimum absolute atomic E-state index is 0.332. The fraction of sp³-hybridized carbons (Fsp3) is 0.421. The molecule has 1 aromatic carbocycles. The number of pyridine rings is 1. The molecule has 1 unspecified atom stereocenters. The third kappa shape index (κ3) is 4.30. The van der Waals surface area contributed by atoms with E-state index in [9.17, 15) is 5.11 Å². The van der Waals surface area contributed by atoms with E-state index in [0.29, 0.717) is 13.2 Å². The number of aromatic nitrogens is 1. The van der Waals surface area contributed by atoms with Gasteiger partial charge in [0.05, 0.1) is 0 Å². The SMILES string of the molecule is Cc1ccc(OCC2(O)CCN(Cc3ccc(C)nc3)C2)cc1. The second kappa shape index (κ2) is 6.69. The largest absolute Gasteiger partial charge is 0.491 e. The van der Waals surface area contributed by atoms with Crippen molar-refractivity contribution in [3.8, 4) is 5.75 Å². The number of β-amino-alcohol motifs (C(OH)–C–C–N with tert-alkyl or cyclic N) is 1. The van der Waals surface area contributed by atoms with Crippen LogP contribution in [0.3, 0.4) is 0 Å². The van der Waals surface area contributed by atoms with E-state index in [4.69, 9.17) is 4.74 Å². The van der Waals surface area contributed by atoms with E-state index in [-0.39, 0.29) is 0 Å². The number of aryl methyl sites for hydroxylation is 2. The number of ether oxygens (including phenoxy) is 1. The monoisotopic (exact) mass is 312 g/mol. The molecule has 3 rings (SSSR count). The van der Waals surface area contributed by atoms with Gasteiger partial charge >= 0.3 is 0 Å². The van der Waals surface area contributed by atoms with Gasteiger partial charge in [-0.1, -0.05) is 23.8 Å². The minimum atomic E-state index is -0.775. The molecular weight excluding hydrogens is 288 g/mol. The number of hydrogen-bond acceptors (Lipinski definition) is 4. The lowest BCUT2D eigenvalue weighted by molar-refractivity contribution is 0.00337. The lowest BCUT2D eigenvalue weighted by Crippen LogP contribution is -2.39. The van der Waals surface area contributed by atoms with Crippen molar-refractivity contribution >= 4 is 0 Å². The lowest BCUT2D eigenvalue weighted by atomic mass is 10.1. The third-order valence-corrected chi connectivity index (χ3v) is 4.32. The summed E-state index contributed by atoms with van der Waals surface area (Å²) in [7, 11) is 0. The highest BCUT2D eigenvalue weighted by Gasteiger charge is 2.36. The topological polar surface area (TPSA) is 45.6 Å². The molecule has 0 amide bonds. The maximum absolute atomic E-state index is 10.7. The van der Waals surface area contributed by atoms with E-state index in [1.165, 1.54) is 11.1 Å². The average molecular weight is 312 g/mol. The van der Waals surface area contributed by atoms with Gasteiger partial charge in [-0.05, 0) is 44.0 Å². The Bertz CT molecular complexity index is 639. The Morgan fingerprint density at radius 2 is 1.96 bits per heavy atom. The summed E-state index contributed by atoms with van der Waals surface area (Å²) in [5.74, 6) is 0.810. The molecule has 0 aliphatic carbocycles. The van der Waals surface area contributed by atoms with Crippen LogP contribution in [0.5, 0.6) is 5.75 Å². The summed E-state index contributed by atoms with van der Waals surface area (Å²) in [5.41, 5.74) is 2.63. The maximum atomic E-state index is 10.7. The number of nitrogens with zero attached hydrogens (tertiary/aromatic N) is 2. The van der Waals surface area contributed by atoms with Crippen molar-refractivity contribution in [2.24, 2.45) is 0 Å². The first-order valence-corrected chi connectivity index (χ1v) is 8.08. The average Bonchev–Trinajstić information content (AvgIpc) is 2.91. The highest BCUT2D eigenvalue weighted by atomic mass is 16.5. The van der Waals surface area contributed by atoms with E-state index in [0.717, 1.165) is 31.0 Å². The van der Waals surface area contributed by atoms with Gasteiger partial charge in [0.2, 0.25) is 0 Å². The van der Waals surface area contributed by atoms with Gasteiger partial charge in [0.1, 0.15) is 18.0 Å². The summed E-state index contributed by atoms with van der Waals surface area (Å²) < 4.78 is 5.77. The van der Waals surface area contributed by atoms with Crippen LogP contribution >= 0.6 is 0 Å². The van der Waals surface area contributed by atoms with Crippen LogP contribution in [0.4, 0.5) is 0 Å². The quantitative estimate of drug-likeness (QED) is 0.922. The molecule has 1 fully saturated rings. The highest BCUT2D eigenvalue weighted by Crippen LogP contribution is 2.24. The minimum Gasteiger partial charge on any atom is -0.491 e. The molecule has 2 aromatic rings. The molecule has 122 valence electrons. The predicted octanol–water partition coefficient (Wildman–Crippen LogP) is 2.71. The molecule has 0 bridgehead atoms.